The van der Waals surface area contributed by atoms with Gasteiger partial charge in [-0.1, -0.05) is 12.2 Å². The first-order valence-corrected chi connectivity index (χ1v) is 15.6. The summed E-state index contributed by atoms with van der Waals surface area (Å²) in [6.45, 7) is -4.64. The van der Waals surface area contributed by atoms with Gasteiger partial charge in [-0.05, 0) is 0 Å². The normalized spacial score (nSPS) is 28.1. The van der Waals surface area contributed by atoms with Crippen LogP contribution in [-0.2, 0) is 32.2 Å². The molecule has 0 aliphatic carbocycles. The molecule has 2 saturated heterocycles. The van der Waals surface area contributed by atoms with Crippen molar-refractivity contribution in [2.75, 3.05) is 24.7 Å². The summed E-state index contributed by atoms with van der Waals surface area (Å²) in [7, 11) is -0.576. The molecule has 2 aliphatic heterocycles. The van der Waals surface area contributed by atoms with E-state index in [1.807, 2.05) is 0 Å². The first kappa shape index (κ1) is 28.2. The summed E-state index contributed by atoms with van der Waals surface area (Å²) in [5.74, 6) is 0.380. The van der Waals surface area contributed by atoms with E-state index in [0.29, 0.717) is 22.3 Å². The summed E-state index contributed by atoms with van der Waals surface area (Å²) in [6, 6.07) is 0. The van der Waals surface area contributed by atoms with E-state index in [-0.39, 0.29) is 31.1 Å². The van der Waals surface area contributed by atoms with Gasteiger partial charge in [0, 0.05) is 12.8 Å². The van der Waals surface area contributed by atoms with Crippen LogP contribution in [0.25, 0.3) is 22.3 Å². The fraction of sp³-hybridized carbons (Fsp3) is 0.500. The molecule has 17 nitrogen and oxygen atoms in total. The molecule has 0 spiro atoms. The number of anilines is 2. The number of nitrogens with zero attached hydrogens (tertiary/aromatic N) is 8. The summed E-state index contributed by atoms with van der Waals surface area (Å²) in [5, 5.41) is 0. The molecule has 0 unspecified atom stereocenters. The summed E-state index contributed by atoms with van der Waals surface area (Å²) < 4.78 is 70.1. The van der Waals surface area contributed by atoms with Crippen LogP contribution in [0.1, 0.15) is 25.3 Å². The van der Waals surface area contributed by atoms with Crippen molar-refractivity contribution in [3.63, 3.8) is 0 Å². The van der Waals surface area contributed by atoms with Gasteiger partial charge in [0.25, 0.3) is 0 Å². The van der Waals surface area contributed by atoms with Gasteiger partial charge in [0.1, 0.15) is 60.6 Å². The van der Waals surface area contributed by atoms with Crippen LogP contribution in [0.2, 0.25) is 0 Å². The van der Waals surface area contributed by atoms with Crippen LogP contribution in [0, 0.1) is 0 Å². The second-order valence-corrected chi connectivity index (χ2v) is 12.5. The van der Waals surface area contributed by atoms with Gasteiger partial charge in [0.05, 0.1) is 25.9 Å². The molecule has 6 rings (SSSR count). The van der Waals surface area contributed by atoms with Crippen molar-refractivity contribution in [3.8, 4) is 0 Å². The van der Waals surface area contributed by atoms with Gasteiger partial charge in [-0.25, -0.2) is 43.4 Å². The van der Waals surface area contributed by atoms with Crippen molar-refractivity contribution < 1.29 is 36.6 Å². The molecule has 218 valence electrons. The largest absolute Gasteiger partial charge is 0.386 e. The van der Waals surface area contributed by atoms with E-state index in [0.717, 1.165) is 0 Å². The Morgan fingerprint density at radius 3 is 2.15 bits per heavy atom. The van der Waals surface area contributed by atoms with Crippen molar-refractivity contribution in [2.24, 2.45) is 0 Å². The van der Waals surface area contributed by atoms with E-state index < -0.39 is 59.0 Å². The number of hydrogen-bond donors (Lipinski definition) is 3. The van der Waals surface area contributed by atoms with Crippen molar-refractivity contribution in [1.29, 1.82) is 0 Å². The molecular formula is C20H23FN10O7P2S. The third-order valence-electron chi connectivity index (χ3n) is 6.70. The Hall–Kier alpha value is -2.89. The smallest absolute Gasteiger partial charge is 0.382 e. The number of hydrogen-bond acceptors (Lipinski definition) is 15. The van der Waals surface area contributed by atoms with Gasteiger partial charge >= 0.3 is 15.5 Å². The zero-order valence-corrected chi connectivity index (χ0v) is 23.6. The van der Waals surface area contributed by atoms with Crippen LogP contribution in [0.3, 0.4) is 0 Å². The molecule has 2 fully saturated rings. The molecule has 4 N–H and O–H groups in total. The van der Waals surface area contributed by atoms with Gasteiger partial charge in [0.15, 0.2) is 22.9 Å². The molecular weight excluding hydrogens is 605 g/mol. The highest BCUT2D eigenvalue weighted by Gasteiger charge is 2.43. The number of imidazole rings is 2. The summed E-state index contributed by atoms with van der Waals surface area (Å²) in [4.78, 5) is 24.5. The molecule has 0 amide bonds. The molecule has 0 saturated carbocycles. The average molecular weight is 628 g/mol. The first-order valence-electron chi connectivity index (χ1n) is 12.2. The molecule has 41 heavy (non-hydrogen) atoms. The lowest BCUT2D eigenvalue weighted by atomic mass is 10.2. The number of thiol groups is 1. The van der Waals surface area contributed by atoms with Gasteiger partial charge in [0.2, 0.25) is 0 Å². The number of aromatic nitrogens is 8. The molecule has 2 aliphatic rings. The Labute approximate surface area is 237 Å². The van der Waals surface area contributed by atoms with Crippen LogP contribution < -0.4 is 11.5 Å². The summed E-state index contributed by atoms with van der Waals surface area (Å²) in [5.41, 5.74) is 13.2. The minimum atomic E-state index is -4.07. The molecule has 0 aromatic carbocycles. The third-order valence-corrected chi connectivity index (χ3v) is 8.60. The lowest BCUT2D eigenvalue weighted by Gasteiger charge is -2.22. The van der Waals surface area contributed by atoms with Crippen molar-refractivity contribution in [1.82, 2.24) is 39.0 Å². The Morgan fingerprint density at radius 1 is 0.951 bits per heavy atom. The predicted molar refractivity (Wildman–Crippen MR) is 142 cm³/mol. The van der Waals surface area contributed by atoms with E-state index in [4.69, 9.17) is 34.5 Å². The number of nitrogen functional groups attached to an aromatic ring is 2. The van der Waals surface area contributed by atoms with Crippen LogP contribution in [0.4, 0.5) is 16.0 Å². The first-order chi connectivity index (χ1) is 19.7. The van der Waals surface area contributed by atoms with Gasteiger partial charge in [-0.2, -0.15) is 0 Å². The van der Waals surface area contributed by atoms with Crippen LogP contribution in [0.5, 0.6) is 0 Å². The average Bonchev–Trinajstić information content (AvgIpc) is 3.72. The fourth-order valence-corrected chi connectivity index (χ4v) is 6.51. The number of nitrogens with two attached hydrogens (primary N) is 2. The van der Waals surface area contributed by atoms with E-state index in [9.17, 15) is 13.5 Å². The maximum atomic E-state index is 14.9. The molecule has 4 aromatic rings. The monoisotopic (exact) mass is 628 g/mol. The minimum Gasteiger partial charge on any atom is -0.382 e. The molecule has 7 atom stereocenters. The number of alkyl halides is 1. The quantitative estimate of drug-likeness (QED) is 0.170. The lowest BCUT2D eigenvalue weighted by molar-refractivity contribution is -0.0399. The Bertz CT molecular complexity index is 1630. The van der Waals surface area contributed by atoms with Gasteiger partial charge in [-0.3, -0.25) is 22.7 Å². The van der Waals surface area contributed by atoms with Crippen molar-refractivity contribution in [2.45, 2.75) is 49.8 Å². The molecule has 21 heteroatoms. The zero-order chi connectivity index (χ0) is 28.7. The lowest BCUT2D eigenvalue weighted by Crippen LogP contribution is -2.28. The Balaban J connectivity index is 1.11. The Kier molecular flexibility index (Phi) is 7.86. The summed E-state index contributed by atoms with van der Waals surface area (Å²) in [6.07, 6.45) is -0.0438. The third kappa shape index (κ3) is 5.63. The molecule has 0 bridgehead atoms. The van der Waals surface area contributed by atoms with Crippen LogP contribution >= 0.6 is 27.7 Å². The predicted octanol–water partition coefficient (Wildman–Crippen LogP) is 2.41. The number of rotatable bonds is 10. The van der Waals surface area contributed by atoms with Crippen molar-refractivity contribution >= 4 is 61.7 Å². The number of fused-ring (bicyclic) bond motifs is 2. The number of halogens is 1. The second kappa shape index (κ2) is 11.4. The Morgan fingerprint density at radius 2 is 1.54 bits per heavy atom. The van der Waals surface area contributed by atoms with E-state index in [2.05, 4.69) is 42.2 Å². The van der Waals surface area contributed by atoms with E-state index in [1.54, 1.807) is 9.13 Å². The van der Waals surface area contributed by atoms with Crippen molar-refractivity contribution in [3.05, 3.63) is 25.3 Å². The SMILES string of the molecule is Nc1ncnc2c1ncn2[C@H]1C[C@@H](F)[C@@H](CO[P@@](=O)(S)O[C@H]2C[C@H](n3cnc4c(N)ncnc43)O[C@@H]2COP=O)O1. The second-order valence-electron chi connectivity index (χ2n) is 9.19. The zero-order valence-electron chi connectivity index (χ0n) is 20.9. The highest BCUT2D eigenvalue weighted by molar-refractivity contribution is 8.44. The molecule has 4 aromatic heterocycles. The van der Waals surface area contributed by atoms with Crippen LogP contribution in [-0.4, -0.2) is 76.7 Å². The van der Waals surface area contributed by atoms with Gasteiger partial charge in [-0.15, -0.1) is 0 Å². The van der Waals surface area contributed by atoms with E-state index >= 15 is 0 Å². The van der Waals surface area contributed by atoms with E-state index in [1.165, 1.54) is 25.3 Å². The maximum Gasteiger partial charge on any atom is 0.386 e. The van der Waals surface area contributed by atoms with Crippen LogP contribution in [0.15, 0.2) is 25.3 Å². The highest BCUT2D eigenvalue weighted by Crippen LogP contribution is 2.56. The maximum absolute atomic E-state index is 14.9. The standard InChI is InChI=1S/C20H23FN10O7P2S/c21-9-1-13(30-7-28-15-17(22)24-5-26-19(15)30)36-11(9)4-35-40(33,41)38-10-2-14(37-12(10)3-34-39-32)31-8-29-16-18(23)25-6-27-20(16)31/h5-14H,1-4H2,(H,33,41)(H2,22,24,26)(H2,23,25,27)/t9-,10+,11-,12-,13-,14-,40-/m1/s1. The summed E-state index contributed by atoms with van der Waals surface area (Å²) >= 11 is 4.09. The number of ether oxygens (including phenoxy) is 2. The molecule has 6 heterocycles. The highest BCUT2D eigenvalue weighted by atomic mass is 32.7. The molecule has 0 radical (unpaired) electrons. The minimum absolute atomic E-state index is 0.0277. The topological polar surface area (TPSA) is 220 Å². The van der Waals surface area contributed by atoms with Gasteiger partial charge < -0.3 is 20.9 Å². The fourth-order valence-electron chi connectivity index (χ4n) is 4.78.